The molecule has 0 spiro atoms. The number of rotatable bonds is 3. The van der Waals surface area contributed by atoms with E-state index < -0.39 is 0 Å². The van der Waals surface area contributed by atoms with Gasteiger partial charge in [-0.3, -0.25) is 0 Å². The highest BCUT2D eigenvalue weighted by molar-refractivity contribution is 7.10. The lowest BCUT2D eigenvalue weighted by atomic mass is 10.2. The first-order chi connectivity index (χ1) is 10.7. The zero-order chi connectivity index (χ0) is 15.1. The molecular formula is C14H12N6OS. The first kappa shape index (κ1) is 13.0. The molecule has 0 saturated heterocycles. The summed E-state index contributed by atoms with van der Waals surface area (Å²) in [6.07, 6.45) is 1.58. The van der Waals surface area contributed by atoms with Crippen LogP contribution in [0.25, 0.3) is 22.6 Å². The molecule has 0 aliphatic carbocycles. The summed E-state index contributed by atoms with van der Waals surface area (Å²) in [6.45, 7) is 2.05. The van der Waals surface area contributed by atoms with Crippen LogP contribution in [0.2, 0.25) is 0 Å². The predicted octanol–water partition coefficient (Wildman–Crippen LogP) is 2.73. The Morgan fingerprint density at radius 2 is 2.18 bits per heavy atom. The van der Waals surface area contributed by atoms with Crippen molar-refractivity contribution < 1.29 is 4.42 Å². The number of thiophene rings is 1. The minimum absolute atomic E-state index is 0.0174. The van der Waals surface area contributed by atoms with Crippen LogP contribution in [-0.4, -0.2) is 25.0 Å². The van der Waals surface area contributed by atoms with Gasteiger partial charge in [-0.1, -0.05) is 11.3 Å². The molecule has 2 N–H and O–H groups in total. The SMILES string of the molecule is CC(c1cccs1)n1nnc2c(-c3ccco3)nc(N)nc21. The Kier molecular flexibility index (Phi) is 2.90. The van der Waals surface area contributed by atoms with Gasteiger partial charge in [-0.05, 0) is 30.5 Å². The van der Waals surface area contributed by atoms with Crippen LogP contribution in [0.15, 0.2) is 40.3 Å². The van der Waals surface area contributed by atoms with Crippen molar-refractivity contribution >= 4 is 28.4 Å². The van der Waals surface area contributed by atoms with Crippen LogP contribution in [0.1, 0.15) is 17.8 Å². The van der Waals surface area contributed by atoms with Crippen molar-refractivity contribution in [2.24, 2.45) is 0 Å². The highest BCUT2D eigenvalue weighted by Crippen LogP contribution is 2.29. The average Bonchev–Trinajstić information content (AvgIpc) is 3.26. The standard InChI is InChI=1S/C14H12N6OS/c1-8(10-5-3-7-22-10)20-13-12(18-19-20)11(16-14(15)17-13)9-4-2-6-21-9/h2-8H,1H3,(H2,15,16,17). The molecule has 7 nitrogen and oxygen atoms in total. The number of fused-ring (bicyclic) bond motifs is 1. The van der Waals surface area contributed by atoms with Crippen LogP contribution >= 0.6 is 11.3 Å². The Hall–Kier alpha value is -2.74. The highest BCUT2D eigenvalue weighted by Gasteiger charge is 2.20. The van der Waals surface area contributed by atoms with Crippen LogP contribution < -0.4 is 5.73 Å². The fourth-order valence-corrected chi connectivity index (χ4v) is 3.11. The summed E-state index contributed by atoms with van der Waals surface area (Å²) in [5.74, 6) is 0.760. The van der Waals surface area contributed by atoms with Gasteiger partial charge in [0, 0.05) is 4.88 Å². The molecule has 0 aromatic carbocycles. The molecule has 0 fully saturated rings. The van der Waals surface area contributed by atoms with Gasteiger partial charge in [0.05, 0.1) is 12.3 Å². The molecule has 4 aromatic rings. The Morgan fingerprint density at radius 3 is 2.91 bits per heavy atom. The average molecular weight is 312 g/mol. The van der Waals surface area contributed by atoms with Gasteiger partial charge in [-0.2, -0.15) is 4.98 Å². The van der Waals surface area contributed by atoms with Crippen LogP contribution in [0.5, 0.6) is 0 Å². The first-order valence-corrected chi connectivity index (χ1v) is 7.57. The zero-order valence-electron chi connectivity index (χ0n) is 11.7. The zero-order valence-corrected chi connectivity index (χ0v) is 12.5. The van der Waals surface area contributed by atoms with E-state index in [2.05, 4.69) is 26.3 Å². The molecule has 1 atom stereocenters. The third-order valence-electron chi connectivity index (χ3n) is 3.42. The number of hydrogen-bond donors (Lipinski definition) is 1. The fourth-order valence-electron chi connectivity index (χ4n) is 2.34. The van der Waals surface area contributed by atoms with Gasteiger partial charge in [0.15, 0.2) is 16.9 Å². The molecule has 0 aliphatic rings. The number of furan rings is 1. The van der Waals surface area contributed by atoms with Gasteiger partial charge in [0.1, 0.15) is 5.69 Å². The number of aromatic nitrogens is 5. The van der Waals surface area contributed by atoms with Crippen LogP contribution in [-0.2, 0) is 0 Å². The van der Waals surface area contributed by atoms with Gasteiger partial charge in [0.2, 0.25) is 5.95 Å². The van der Waals surface area contributed by atoms with E-state index in [-0.39, 0.29) is 12.0 Å². The Balaban J connectivity index is 1.92. The Labute approximate surface area is 129 Å². The maximum absolute atomic E-state index is 5.85. The number of nitrogens with two attached hydrogens (primary N) is 1. The van der Waals surface area contributed by atoms with E-state index in [4.69, 9.17) is 10.2 Å². The maximum Gasteiger partial charge on any atom is 0.222 e. The molecule has 0 bridgehead atoms. The molecule has 4 heterocycles. The summed E-state index contributed by atoms with van der Waals surface area (Å²) in [5.41, 5.74) is 7.57. The largest absolute Gasteiger partial charge is 0.463 e. The molecule has 0 aliphatic heterocycles. The Morgan fingerprint density at radius 1 is 1.27 bits per heavy atom. The molecule has 4 rings (SSSR count). The van der Waals surface area contributed by atoms with Gasteiger partial charge in [0.25, 0.3) is 0 Å². The second-order valence-corrected chi connectivity index (χ2v) is 5.78. The summed E-state index contributed by atoms with van der Waals surface area (Å²) < 4.78 is 7.16. The smallest absolute Gasteiger partial charge is 0.222 e. The van der Waals surface area contributed by atoms with Crippen LogP contribution in [0.4, 0.5) is 5.95 Å². The van der Waals surface area contributed by atoms with Crippen molar-refractivity contribution in [3.05, 3.63) is 40.8 Å². The summed E-state index contributed by atoms with van der Waals surface area (Å²) in [4.78, 5) is 9.71. The molecule has 4 aromatic heterocycles. The van der Waals surface area contributed by atoms with E-state index in [0.717, 1.165) is 0 Å². The van der Waals surface area contributed by atoms with Crippen molar-refractivity contribution in [2.75, 3.05) is 5.73 Å². The van der Waals surface area contributed by atoms with Crippen molar-refractivity contribution in [1.29, 1.82) is 0 Å². The summed E-state index contributed by atoms with van der Waals surface area (Å²) >= 11 is 1.66. The molecular weight excluding hydrogens is 300 g/mol. The fraction of sp³-hybridized carbons (Fsp3) is 0.143. The molecule has 8 heteroatoms. The first-order valence-electron chi connectivity index (χ1n) is 6.69. The summed E-state index contributed by atoms with van der Waals surface area (Å²) in [7, 11) is 0. The number of nitrogen functional groups attached to an aromatic ring is 1. The topological polar surface area (TPSA) is 95.7 Å². The lowest BCUT2D eigenvalue weighted by molar-refractivity contribution is 0.563. The normalized spacial score (nSPS) is 12.8. The Bertz CT molecular complexity index is 913. The van der Waals surface area contributed by atoms with E-state index in [1.54, 1.807) is 28.3 Å². The number of nitrogens with zero attached hydrogens (tertiary/aromatic N) is 5. The molecule has 22 heavy (non-hydrogen) atoms. The minimum Gasteiger partial charge on any atom is -0.463 e. The van der Waals surface area contributed by atoms with Gasteiger partial charge < -0.3 is 10.2 Å². The third-order valence-corrected chi connectivity index (χ3v) is 4.46. The maximum atomic E-state index is 5.85. The molecule has 1 unspecified atom stereocenters. The monoisotopic (exact) mass is 312 g/mol. The van der Waals surface area contributed by atoms with E-state index >= 15 is 0 Å². The second-order valence-electron chi connectivity index (χ2n) is 4.81. The second kappa shape index (κ2) is 4.92. The van der Waals surface area contributed by atoms with Crippen molar-refractivity contribution in [3.63, 3.8) is 0 Å². The molecule has 0 saturated carbocycles. The molecule has 110 valence electrons. The quantitative estimate of drug-likeness (QED) is 0.625. The molecule has 0 amide bonds. The van der Waals surface area contributed by atoms with E-state index in [9.17, 15) is 0 Å². The van der Waals surface area contributed by atoms with Crippen molar-refractivity contribution in [2.45, 2.75) is 13.0 Å². The highest BCUT2D eigenvalue weighted by atomic mass is 32.1. The molecule has 0 radical (unpaired) electrons. The summed E-state index contributed by atoms with van der Waals surface area (Å²) in [5, 5.41) is 10.5. The van der Waals surface area contributed by atoms with Crippen molar-refractivity contribution in [3.8, 4) is 11.5 Å². The van der Waals surface area contributed by atoms with E-state index in [1.807, 2.05) is 24.4 Å². The lowest BCUT2D eigenvalue weighted by Gasteiger charge is -2.10. The lowest BCUT2D eigenvalue weighted by Crippen LogP contribution is -2.09. The van der Waals surface area contributed by atoms with Crippen molar-refractivity contribution in [1.82, 2.24) is 25.0 Å². The van der Waals surface area contributed by atoms with Gasteiger partial charge in [-0.15, -0.1) is 16.4 Å². The third kappa shape index (κ3) is 1.96. The van der Waals surface area contributed by atoms with Gasteiger partial charge in [-0.25, -0.2) is 9.67 Å². The van der Waals surface area contributed by atoms with E-state index in [1.165, 1.54) is 4.88 Å². The minimum atomic E-state index is 0.0174. The number of anilines is 1. The van der Waals surface area contributed by atoms with Gasteiger partial charge >= 0.3 is 0 Å². The summed E-state index contributed by atoms with van der Waals surface area (Å²) in [6, 6.07) is 7.68. The van der Waals surface area contributed by atoms with Crippen LogP contribution in [0.3, 0.4) is 0 Å². The number of hydrogen-bond acceptors (Lipinski definition) is 7. The van der Waals surface area contributed by atoms with Crippen LogP contribution in [0, 0.1) is 0 Å². The van der Waals surface area contributed by atoms with E-state index in [0.29, 0.717) is 22.6 Å². The predicted molar refractivity (Wildman–Crippen MR) is 83.4 cm³/mol.